The van der Waals surface area contributed by atoms with E-state index in [1.165, 1.54) is 18.3 Å². The van der Waals surface area contributed by atoms with Crippen molar-refractivity contribution in [1.29, 1.82) is 0 Å². The monoisotopic (exact) mass is 451 g/mol. The molecule has 0 saturated carbocycles. The highest BCUT2D eigenvalue weighted by atomic mass is 19.1. The fourth-order valence-corrected chi connectivity index (χ4v) is 4.44. The van der Waals surface area contributed by atoms with Crippen LogP contribution in [0.2, 0.25) is 0 Å². The maximum atomic E-state index is 14.1. The van der Waals surface area contributed by atoms with Crippen LogP contribution >= 0.6 is 0 Å². The number of nitrogens with two attached hydrogens (primary N) is 3. The highest BCUT2D eigenvalue weighted by Crippen LogP contribution is 2.29. The van der Waals surface area contributed by atoms with Gasteiger partial charge in [0.1, 0.15) is 5.82 Å². The van der Waals surface area contributed by atoms with E-state index in [-0.39, 0.29) is 11.5 Å². The van der Waals surface area contributed by atoms with Crippen molar-refractivity contribution in [3.05, 3.63) is 71.6 Å². The number of hydrogen-bond acceptors (Lipinski definition) is 7. The number of hydrazine groups is 1. The van der Waals surface area contributed by atoms with E-state index >= 15 is 0 Å². The van der Waals surface area contributed by atoms with Crippen molar-refractivity contribution in [2.45, 2.75) is 12.8 Å². The van der Waals surface area contributed by atoms with Crippen molar-refractivity contribution in [3.8, 4) is 0 Å². The van der Waals surface area contributed by atoms with Crippen LogP contribution in [0.25, 0.3) is 16.6 Å². The number of benzene rings is 1. The van der Waals surface area contributed by atoms with Crippen molar-refractivity contribution in [2.75, 3.05) is 32.7 Å². The van der Waals surface area contributed by atoms with Gasteiger partial charge in [0.15, 0.2) is 0 Å². The number of piperidine rings is 1. The van der Waals surface area contributed by atoms with E-state index < -0.39 is 5.82 Å². The van der Waals surface area contributed by atoms with Gasteiger partial charge in [0.05, 0.1) is 11.4 Å². The summed E-state index contributed by atoms with van der Waals surface area (Å²) in [6.07, 6.45) is 6.78. The maximum absolute atomic E-state index is 14.1. The second kappa shape index (κ2) is 10.1. The zero-order valence-corrected chi connectivity index (χ0v) is 18.5. The number of H-pyrrole nitrogens is 1. The Morgan fingerprint density at radius 3 is 2.79 bits per heavy atom. The molecule has 1 aromatic carbocycles. The summed E-state index contributed by atoms with van der Waals surface area (Å²) in [4.78, 5) is 22.7. The number of halogens is 1. The fourth-order valence-electron chi connectivity index (χ4n) is 4.44. The lowest BCUT2D eigenvalue weighted by atomic mass is 9.96. The molecule has 3 heterocycles. The Labute approximate surface area is 192 Å². The van der Waals surface area contributed by atoms with Gasteiger partial charge >= 0.3 is 0 Å². The summed E-state index contributed by atoms with van der Waals surface area (Å²) < 4.78 is 14.1. The number of nitrogens with zero attached hydrogens (tertiary/aromatic N) is 3. The average molecular weight is 452 g/mol. The van der Waals surface area contributed by atoms with Crippen molar-refractivity contribution in [1.82, 2.24) is 19.9 Å². The van der Waals surface area contributed by atoms with E-state index in [4.69, 9.17) is 17.3 Å². The standard InChI is InChI=1S/C24H30FN7O/c25-18-3-4-21-19(12-18)22(23(30-21)24(33)17-2-1-8-29-13-17)20(27)15-32(28)14-16-5-9-31(10-6-16)11-7-26/h1-4,8,12-13,15-16,30H,5-7,9-11,14,26-28H2/b20-15-. The molecule has 1 saturated heterocycles. The van der Waals surface area contributed by atoms with Crippen LogP contribution in [0.4, 0.5) is 4.39 Å². The molecular formula is C24H30FN7O. The molecule has 4 rings (SSSR count). The third kappa shape index (κ3) is 5.22. The zero-order chi connectivity index (χ0) is 23.4. The minimum Gasteiger partial charge on any atom is -0.397 e. The molecule has 33 heavy (non-hydrogen) atoms. The molecule has 0 aliphatic carbocycles. The summed E-state index contributed by atoms with van der Waals surface area (Å²) in [5.41, 5.74) is 14.1. The second-order valence-corrected chi connectivity index (χ2v) is 8.49. The van der Waals surface area contributed by atoms with E-state index in [2.05, 4.69) is 14.9 Å². The van der Waals surface area contributed by atoms with Gasteiger partial charge in [-0.25, -0.2) is 10.2 Å². The molecule has 7 N–H and O–H groups in total. The van der Waals surface area contributed by atoms with Crippen molar-refractivity contribution >= 4 is 22.4 Å². The number of ketones is 1. The van der Waals surface area contributed by atoms with Crippen LogP contribution in [0.5, 0.6) is 0 Å². The molecule has 2 aromatic heterocycles. The average Bonchev–Trinajstić information content (AvgIpc) is 3.19. The lowest BCUT2D eigenvalue weighted by molar-refractivity contribution is 0.103. The summed E-state index contributed by atoms with van der Waals surface area (Å²) >= 11 is 0. The van der Waals surface area contributed by atoms with Crippen LogP contribution in [-0.4, -0.2) is 58.4 Å². The molecular weight excluding hydrogens is 421 g/mol. The zero-order valence-electron chi connectivity index (χ0n) is 18.5. The van der Waals surface area contributed by atoms with E-state index in [1.54, 1.807) is 35.6 Å². The SMILES string of the molecule is NCCN1CCC(CN(N)/C=C(\N)c2c(C(=O)c3cccnc3)[nH]c3ccc(F)cc23)CC1. The van der Waals surface area contributed by atoms with Gasteiger partial charge < -0.3 is 26.4 Å². The van der Waals surface area contributed by atoms with Gasteiger partial charge in [-0.15, -0.1) is 0 Å². The van der Waals surface area contributed by atoms with Crippen LogP contribution in [0.3, 0.4) is 0 Å². The largest absolute Gasteiger partial charge is 0.397 e. The van der Waals surface area contributed by atoms with Crippen molar-refractivity contribution < 1.29 is 9.18 Å². The minimum absolute atomic E-state index is 0.276. The highest BCUT2D eigenvalue weighted by Gasteiger charge is 2.23. The van der Waals surface area contributed by atoms with Crippen LogP contribution in [0, 0.1) is 11.7 Å². The molecule has 9 heteroatoms. The quantitative estimate of drug-likeness (QED) is 0.234. The Hall–Kier alpha value is -3.27. The summed E-state index contributed by atoms with van der Waals surface area (Å²) in [7, 11) is 0. The summed E-state index contributed by atoms with van der Waals surface area (Å²) in [6.45, 7) is 4.22. The number of likely N-dealkylation sites (tertiary alicyclic amines) is 1. The first-order valence-corrected chi connectivity index (χ1v) is 11.1. The van der Waals surface area contributed by atoms with E-state index in [9.17, 15) is 9.18 Å². The predicted molar refractivity (Wildman–Crippen MR) is 127 cm³/mol. The van der Waals surface area contributed by atoms with Gasteiger partial charge in [-0.3, -0.25) is 9.78 Å². The molecule has 0 amide bonds. The number of hydrogen-bond donors (Lipinski definition) is 4. The molecule has 174 valence electrons. The van der Waals surface area contributed by atoms with Gasteiger partial charge in [-0.05, 0) is 62.2 Å². The highest BCUT2D eigenvalue weighted by molar-refractivity contribution is 6.14. The van der Waals surface area contributed by atoms with Gasteiger partial charge in [-0.1, -0.05) is 0 Å². The third-order valence-corrected chi connectivity index (χ3v) is 6.13. The number of carbonyl (C=O) groups is 1. The van der Waals surface area contributed by atoms with E-state index in [0.29, 0.717) is 46.7 Å². The molecule has 1 aliphatic rings. The number of aromatic nitrogens is 2. The lowest BCUT2D eigenvalue weighted by Crippen LogP contribution is -2.41. The molecule has 0 spiro atoms. The summed E-state index contributed by atoms with van der Waals surface area (Å²) in [5.74, 6) is 6.03. The fraction of sp³-hybridized carbons (Fsp3) is 0.333. The Kier molecular flexibility index (Phi) is 7.02. The summed E-state index contributed by atoms with van der Waals surface area (Å²) in [6, 6.07) is 7.67. The number of rotatable bonds is 8. The predicted octanol–water partition coefficient (Wildman–Crippen LogP) is 2.04. The van der Waals surface area contributed by atoms with Crippen LogP contribution in [0.1, 0.15) is 34.5 Å². The first-order chi connectivity index (χ1) is 16.0. The van der Waals surface area contributed by atoms with Gasteiger partial charge in [-0.2, -0.15) is 0 Å². The topological polar surface area (TPSA) is 130 Å². The Morgan fingerprint density at radius 2 is 2.09 bits per heavy atom. The lowest BCUT2D eigenvalue weighted by Gasteiger charge is -2.33. The molecule has 0 bridgehead atoms. The van der Waals surface area contributed by atoms with Gasteiger partial charge in [0.2, 0.25) is 5.78 Å². The molecule has 8 nitrogen and oxygen atoms in total. The van der Waals surface area contributed by atoms with Gasteiger partial charge in [0.25, 0.3) is 0 Å². The smallest absolute Gasteiger partial charge is 0.211 e. The number of fused-ring (bicyclic) bond motifs is 1. The molecule has 1 fully saturated rings. The van der Waals surface area contributed by atoms with E-state index in [0.717, 1.165) is 32.5 Å². The number of carbonyl (C=O) groups excluding carboxylic acids is 1. The normalized spacial score (nSPS) is 15.8. The van der Waals surface area contributed by atoms with E-state index in [1.807, 2.05) is 0 Å². The maximum Gasteiger partial charge on any atom is 0.211 e. The number of aromatic amines is 1. The first kappa shape index (κ1) is 22.9. The van der Waals surface area contributed by atoms with Crippen LogP contribution < -0.4 is 17.3 Å². The summed E-state index contributed by atoms with van der Waals surface area (Å²) in [5, 5.41) is 2.09. The molecule has 0 unspecified atom stereocenters. The van der Waals surface area contributed by atoms with Crippen LogP contribution in [-0.2, 0) is 0 Å². The number of pyridine rings is 1. The second-order valence-electron chi connectivity index (χ2n) is 8.49. The van der Waals surface area contributed by atoms with Crippen LogP contribution in [0.15, 0.2) is 48.9 Å². The molecule has 1 aliphatic heterocycles. The first-order valence-electron chi connectivity index (χ1n) is 11.1. The third-order valence-electron chi connectivity index (χ3n) is 6.13. The van der Waals surface area contributed by atoms with Gasteiger partial charge in [0, 0.05) is 60.3 Å². The Morgan fingerprint density at radius 1 is 1.30 bits per heavy atom. The molecule has 0 atom stereocenters. The van der Waals surface area contributed by atoms with Crippen molar-refractivity contribution in [2.24, 2.45) is 23.2 Å². The Balaban J connectivity index is 1.60. The molecule has 3 aromatic rings. The number of nitrogens with one attached hydrogen (secondary N) is 1. The minimum atomic E-state index is -0.412. The molecule has 0 radical (unpaired) electrons. The Bertz CT molecular complexity index is 1140. The van der Waals surface area contributed by atoms with Crippen molar-refractivity contribution in [3.63, 3.8) is 0 Å².